The number of hydrogen-bond donors (Lipinski definition) is 2. The van der Waals surface area contributed by atoms with Crippen LogP contribution in [-0.4, -0.2) is 51.1 Å². The van der Waals surface area contributed by atoms with Crippen LogP contribution in [0, 0.1) is 0 Å². The number of nitrogens with one attached hydrogen (secondary N) is 1. The number of aliphatic carboxylic acids is 1. The van der Waals surface area contributed by atoms with Crippen LogP contribution in [0.1, 0.15) is 53.4 Å². The fourth-order valence-electron chi connectivity index (χ4n) is 4.02. The van der Waals surface area contributed by atoms with Crippen molar-refractivity contribution in [3.63, 3.8) is 0 Å². The molecule has 0 bridgehead atoms. The number of sulfonamides is 1. The van der Waals surface area contributed by atoms with Crippen molar-refractivity contribution in [1.82, 2.24) is 4.72 Å². The number of anilines is 1. The minimum Gasteiger partial charge on any atom is -0.480 e. The van der Waals surface area contributed by atoms with E-state index >= 15 is 0 Å². The SMILES string of the molecule is CC(C)=CCC/C(C)=C/CC/C(C)=C/CSC[C@H](NS(=O)(=O)c1cccc2c(N(C)C)cccc12)C(=O)O. The van der Waals surface area contributed by atoms with E-state index < -0.39 is 22.0 Å². The summed E-state index contributed by atoms with van der Waals surface area (Å²) in [6, 6.07) is 9.30. The molecule has 2 rings (SSSR count). The minimum absolute atomic E-state index is 0.0786. The molecule has 0 aliphatic heterocycles. The summed E-state index contributed by atoms with van der Waals surface area (Å²) < 4.78 is 28.9. The van der Waals surface area contributed by atoms with Crippen LogP contribution in [0.3, 0.4) is 0 Å². The van der Waals surface area contributed by atoms with Crippen molar-refractivity contribution in [2.75, 3.05) is 30.5 Å². The van der Waals surface area contributed by atoms with E-state index in [4.69, 9.17) is 0 Å². The molecule has 38 heavy (non-hydrogen) atoms. The summed E-state index contributed by atoms with van der Waals surface area (Å²) in [6.45, 7) is 8.47. The van der Waals surface area contributed by atoms with Gasteiger partial charge in [0.25, 0.3) is 0 Å². The standard InChI is InChI=1S/C30H42N2O4S2/c1-22(2)11-7-12-23(3)13-8-14-24(4)19-20-37-21-27(30(33)34)31-38(35,36)29-18-10-15-25-26(29)16-9-17-28(25)32(5)6/h9-11,13,15-19,27,31H,7-8,12,14,20-21H2,1-6H3,(H,33,34)/b23-13+,24-19+/t27-/m0/s1. The number of thioether (sulfide) groups is 1. The Bertz CT molecular complexity index is 1290. The third-order valence-electron chi connectivity index (χ3n) is 6.18. The maximum atomic E-state index is 13.2. The van der Waals surface area contributed by atoms with Crippen molar-refractivity contribution in [3.05, 3.63) is 71.3 Å². The van der Waals surface area contributed by atoms with Gasteiger partial charge in [-0.05, 0) is 65.5 Å². The van der Waals surface area contributed by atoms with Gasteiger partial charge in [-0.1, -0.05) is 59.2 Å². The van der Waals surface area contributed by atoms with Crippen LogP contribution >= 0.6 is 11.8 Å². The molecule has 2 N–H and O–H groups in total. The number of rotatable bonds is 15. The Morgan fingerprint density at radius 3 is 2.18 bits per heavy atom. The lowest BCUT2D eigenvalue weighted by Crippen LogP contribution is -2.42. The van der Waals surface area contributed by atoms with E-state index in [-0.39, 0.29) is 10.6 Å². The molecule has 8 heteroatoms. The van der Waals surface area contributed by atoms with E-state index in [1.807, 2.05) is 31.1 Å². The first-order valence-electron chi connectivity index (χ1n) is 12.9. The zero-order chi connectivity index (χ0) is 28.3. The van der Waals surface area contributed by atoms with Crippen LogP contribution in [0.2, 0.25) is 0 Å². The van der Waals surface area contributed by atoms with Crippen LogP contribution in [0.5, 0.6) is 0 Å². The molecule has 0 aromatic heterocycles. The third kappa shape index (κ3) is 9.97. The van der Waals surface area contributed by atoms with Crippen LogP contribution in [0.4, 0.5) is 5.69 Å². The number of carboxylic acid groups (broad SMARTS) is 1. The molecule has 0 heterocycles. The maximum Gasteiger partial charge on any atom is 0.322 e. The van der Waals surface area contributed by atoms with Gasteiger partial charge in [0, 0.05) is 42.1 Å². The van der Waals surface area contributed by atoms with Crippen molar-refractivity contribution < 1.29 is 18.3 Å². The Hall–Kier alpha value is -2.55. The molecular formula is C30H42N2O4S2. The number of carbonyl (C=O) groups is 1. The van der Waals surface area contributed by atoms with Gasteiger partial charge in [0.05, 0.1) is 4.90 Å². The monoisotopic (exact) mass is 558 g/mol. The first-order valence-corrected chi connectivity index (χ1v) is 15.5. The zero-order valence-corrected chi connectivity index (χ0v) is 25.1. The van der Waals surface area contributed by atoms with Crippen molar-refractivity contribution in [3.8, 4) is 0 Å². The highest BCUT2D eigenvalue weighted by atomic mass is 32.2. The predicted molar refractivity (Wildman–Crippen MR) is 163 cm³/mol. The van der Waals surface area contributed by atoms with E-state index in [1.54, 1.807) is 18.2 Å². The number of allylic oxidation sites excluding steroid dienone is 5. The smallest absolute Gasteiger partial charge is 0.322 e. The Kier molecular flexibility index (Phi) is 12.6. The fourth-order valence-corrected chi connectivity index (χ4v) is 6.54. The second-order valence-electron chi connectivity index (χ2n) is 10.0. The zero-order valence-electron chi connectivity index (χ0n) is 23.5. The third-order valence-corrected chi connectivity index (χ3v) is 8.68. The summed E-state index contributed by atoms with van der Waals surface area (Å²) in [5.74, 6) is -0.430. The molecule has 0 amide bonds. The van der Waals surface area contributed by atoms with Crippen molar-refractivity contribution in [1.29, 1.82) is 0 Å². The van der Waals surface area contributed by atoms with E-state index in [0.717, 1.165) is 36.8 Å². The molecule has 2 aromatic rings. The summed E-state index contributed by atoms with van der Waals surface area (Å²) >= 11 is 1.40. The Balaban J connectivity index is 1.97. The molecule has 6 nitrogen and oxygen atoms in total. The molecule has 0 saturated carbocycles. The predicted octanol–water partition coefficient (Wildman–Crippen LogP) is 6.79. The summed E-state index contributed by atoms with van der Waals surface area (Å²) in [6.07, 6.45) is 10.7. The van der Waals surface area contributed by atoms with Crippen molar-refractivity contribution in [2.45, 2.75) is 64.3 Å². The Morgan fingerprint density at radius 2 is 1.55 bits per heavy atom. The van der Waals surface area contributed by atoms with E-state index in [2.05, 4.69) is 50.6 Å². The first kappa shape index (κ1) is 31.7. The second-order valence-corrected chi connectivity index (χ2v) is 12.8. The van der Waals surface area contributed by atoms with Crippen molar-refractivity contribution in [2.24, 2.45) is 0 Å². The second kappa shape index (κ2) is 15.1. The van der Waals surface area contributed by atoms with Crippen LogP contribution in [-0.2, 0) is 14.8 Å². The number of carboxylic acids is 1. The van der Waals surface area contributed by atoms with Gasteiger partial charge in [-0.25, -0.2) is 8.42 Å². The van der Waals surface area contributed by atoms with Crippen LogP contribution in [0.25, 0.3) is 10.8 Å². The highest BCUT2D eigenvalue weighted by Crippen LogP contribution is 2.30. The normalized spacial score (nSPS) is 13.4. The average molecular weight is 559 g/mol. The highest BCUT2D eigenvalue weighted by Gasteiger charge is 2.27. The van der Waals surface area contributed by atoms with Gasteiger partial charge >= 0.3 is 5.97 Å². The molecule has 0 radical (unpaired) electrons. The quantitative estimate of drug-likeness (QED) is 0.185. The van der Waals surface area contributed by atoms with Gasteiger partial charge in [0.2, 0.25) is 10.0 Å². The van der Waals surface area contributed by atoms with Gasteiger partial charge in [0.1, 0.15) is 6.04 Å². The van der Waals surface area contributed by atoms with Crippen LogP contribution < -0.4 is 9.62 Å². The summed E-state index contributed by atoms with van der Waals surface area (Å²) in [5.41, 5.74) is 4.87. The van der Waals surface area contributed by atoms with Gasteiger partial charge in [-0.3, -0.25) is 4.79 Å². The van der Waals surface area contributed by atoms with Gasteiger partial charge in [-0.2, -0.15) is 16.5 Å². The highest BCUT2D eigenvalue weighted by molar-refractivity contribution is 7.99. The average Bonchev–Trinajstić information content (AvgIpc) is 2.84. The lowest BCUT2D eigenvalue weighted by atomic mass is 10.1. The number of nitrogens with zero attached hydrogens (tertiary/aromatic N) is 1. The van der Waals surface area contributed by atoms with E-state index in [9.17, 15) is 18.3 Å². The Morgan fingerprint density at radius 1 is 0.947 bits per heavy atom. The molecule has 0 spiro atoms. The molecule has 0 aliphatic rings. The summed E-state index contributed by atoms with van der Waals surface area (Å²) in [5, 5.41) is 11.1. The van der Waals surface area contributed by atoms with E-state index in [0.29, 0.717) is 11.1 Å². The lowest BCUT2D eigenvalue weighted by Gasteiger charge is -2.18. The fraction of sp³-hybridized carbons (Fsp3) is 0.433. The van der Waals surface area contributed by atoms with Gasteiger partial charge in [0.15, 0.2) is 0 Å². The minimum atomic E-state index is -4.05. The molecule has 0 fully saturated rings. The number of fused-ring (bicyclic) bond motifs is 1. The molecule has 0 saturated heterocycles. The largest absolute Gasteiger partial charge is 0.480 e. The molecule has 208 valence electrons. The first-order chi connectivity index (χ1) is 17.9. The number of hydrogen-bond acceptors (Lipinski definition) is 5. The molecule has 1 atom stereocenters. The van der Waals surface area contributed by atoms with E-state index in [1.165, 1.54) is 34.5 Å². The van der Waals surface area contributed by atoms with Gasteiger partial charge in [-0.15, -0.1) is 0 Å². The molecular weight excluding hydrogens is 516 g/mol. The topological polar surface area (TPSA) is 86.7 Å². The van der Waals surface area contributed by atoms with Gasteiger partial charge < -0.3 is 10.0 Å². The van der Waals surface area contributed by atoms with Crippen molar-refractivity contribution >= 4 is 44.2 Å². The molecule has 0 aliphatic carbocycles. The number of benzene rings is 2. The lowest BCUT2D eigenvalue weighted by molar-refractivity contribution is -0.138. The summed E-state index contributed by atoms with van der Waals surface area (Å²) in [4.78, 5) is 13.9. The van der Waals surface area contributed by atoms with Crippen LogP contribution in [0.15, 0.2) is 76.2 Å². The maximum absolute atomic E-state index is 13.2. The summed E-state index contributed by atoms with van der Waals surface area (Å²) in [7, 11) is -0.256. The molecule has 2 aromatic carbocycles. The Labute approximate surface area is 232 Å². The molecule has 0 unspecified atom stereocenters.